The third-order valence-electron chi connectivity index (χ3n) is 19.2. The number of benzene rings is 10. The van der Waals surface area contributed by atoms with Gasteiger partial charge in [-0.05, 0) is 184 Å². The van der Waals surface area contributed by atoms with Crippen LogP contribution in [0, 0.1) is 0 Å². The molecule has 0 saturated carbocycles. The highest BCUT2D eigenvalue weighted by atomic mass is 16.3. The predicted molar refractivity (Wildman–Crippen MR) is 282 cm³/mol. The molecule has 0 bridgehead atoms. The molecule has 0 saturated heterocycles. The Kier molecular flexibility index (Phi) is 7.12. The molecule has 0 fully saturated rings. The second kappa shape index (κ2) is 12.7. The van der Waals surface area contributed by atoms with Crippen molar-refractivity contribution in [3.05, 3.63) is 58.7 Å². The van der Waals surface area contributed by atoms with E-state index in [0.717, 1.165) is 162 Å². The minimum atomic E-state index is -1.84. The summed E-state index contributed by atoms with van der Waals surface area (Å²) in [6, 6.07) is 8.46. The quantitative estimate of drug-likeness (QED) is 0.0434. The SMILES string of the molecule is O=C(NC(CO)CO)C1(C(O)NC(CO)CO)c2c1c1c3ccc4c5c6c(c7c8ccc9c%10ccc%11c2c2c1c1c3c4c3c5c7c4c8c9c5c%10c%11c2c2c5c4c3c12)C6(C(=O)NC(CO)CO)C(O)NC(CO)CO. The van der Waals surface area contributed by atoms with Crippen LogP contribution in [0.25, 0.3) is 162 Å². The Morgan fingerprint density at radius 1 is 0.311 bits per heavy atom. The smallest absolute Gasteiger partial charge is 0.239 e. The predicted octanol–water partition coefficient (Wildman–Crippen LogP) is 2.34. The van der Waals surface area contributed by atoms with E-state index >= 15 is 9.59 Å². The van der Waals surface area contributed by atoms with Gasteiger partial charge in [-0.3, -0.25) is 20.2 Å². The van der Waals surface area contributed by atoms with Crippen LogP contribution < -0.4 is 21.3 Å². The Balaban J connectivity index is 1.09. The Morgan fingerprint density at radius 3 is 0.770 bits per heavy atom. The molecule has 74 heavy (non-hydrogen) atoms. The Bertz CT molecular complexity index is 4660. The first kappa shape index (κ1) is 41.6. The van der Waals surface area contributed by atoms with Crippen molar-refractivity contribution in [3.8, 4) is 0 Å². The number of hydrogen-bond acceptors (Lipinski definition) is 14. The van der Waals surface area contributed by atoms with Crippen LogP contribution >= 0.6 is 0 Å². The lowest BCUT2D eigenvalue weighted by Crippen LogP contribution is -2.56. The molecule has 4 atom stereocenters. The fourth-order valence-electron chi connectivity index (χ4n) is 16.5. The van der Waals surface area contributed by atoms with Gasteiger partial charge in [0.1, 0.15) is 23.3 Å². The highest BCUT2D eigenvalue weighted by molar-refractivity contribution is 6.71. The van der Waals surface area contributed by atoms with E-state index in [2.05, 4.69) is 45.5 Å². The molecule has 2 aliphatic carbocycles. The van der Waals surface area contributed by atoms with Gasteiger partial charge in [0.05, 0.1) is 77.0 Å². The third-order valence-corrected chi connectivity index (χ3v) is 19.2. The zero-order chi connectivity index (χ0) is 50.0. The largest absolute Gasteiger partial charge is 0.395 e. The lowest BCUT2D eigenvalue weighted by atomic mass is 9.90. The number of aliphatic hydroxyl groups excluding tert-OH is 10. The molecule has 0 radical (unpaired) electrons. The standard InChI is InChI=1S/C58H42N4O12/c63-7-15(8-64)59-53(71)57(54(72)60-16(9-65)10-66)49-31-21-3-1-19-20-2-4-22-28-26(20)35-25(19)27(21)36-40(31)42-33(51(49)57)23-5-6-24-30-29(23)38(42)47-45(36)44(35)46-37(28)41-32(22)50-52(34(24)43(41)39(30)48(46)47)58(50,55(73)61-17(11-67)12-68)56(74)62-18(13-69)14-70/h1-6,15-18,53,55,59,61,63-71,73H,7-14H2,(H,60,72)(H,62,74). The summed E-state index contributed by atoms with van der Waals surface area (Å²) in [5, 5.41) is 150. The third kappa shape index (κ3) is 3.74. The van der Waals surface area contributed by atoms with Crippen molar-refractivity contribution >= 4 is 173 Å². The average molecular weight is 987 g/mol. The van der Waals surface area contributed by atoms with Crippen LogP contribution in [0.4, 0.5) is 0 Å². The van der Waals surface area contributed by atoms with E-state index in [1.54, 1.807) is 0 Å². The van der Waals surface area contributed by atoms with Crippen LogP contribution in [0.3, 0.4) is 0 Å². The van der Waals surface area contributed by atoms with Crippen LogP contribution in [-0.4, -0.2) is 152 Å². The maximum Gasteiger partial charge on any atom is 0.239 e. The second-order valence-electron chi connectivity index (χ2n) is 21.9. The molecule has 4 unspecified atom stereocenters. The molecule has 0 aromatic heterocycles. The van der Waals surface area contributed by atoms with Gasteiger partial charge in [0.2, 0.25) is 11.8 Å². The van der Waals surface area contributed by atoms with E-state index in [1.165, 1.54) is 0 Å². The summed E-state index contributed by atoms with van der Waals surface area (Å²) in [7, 11) is 0. The van der Waals surface area contributed by atoms with Crippen LogP contribution in [0.15, 0.2) is 36.4 Å². The fraction of sp³-hybridized carbons (Fsp3) is 0.276. The number of nitrogens with one attached hydrogen (secondary N) is 4. The van der Waals surface area contributed by atoms with Crippen LogP contribution in [0.1, 0.15) is 22.3 Å². The Hall–Kier alpha value is -6.74. The van der Waals surface area contributed by atoms with Crippen LogP contribution in [0.2, 0.25) is 0 Å². The highest BCUT2D eigenvalue weighted by Crippen LogP contribution is 2.74. The summed E-state index contributed by atoms with van der Waals surface area (Å²) < 4.78 is 0. The molecule has 16 aromatic rings. The molecule has 0 aliphatic heterocycles. The molecular weight excluding hydrogens is 945 g/mol. The van der Waals surface area contributed by atoms with Gasteiger partial charge in [-0.15, -0.1) is 0 Å². The van der Waals surface area contributed by atoms with Crippen LogP contribution in [0.5, 0.6) is 0 Å². The summed E-state index contributed by atoms with van der Waals surface area (Å²) in [5.41, 5.74) is -1.38. The molecule has 366 valence electrons. The topological polar surface area (TPSA) is 285 Å². The van der Waals surface area contributed by atoms with Gasteiger partial charge in [-0.1, -0.05) is 36.4 Å². The number of rotatable bonds is 18. The summed E-state index contributed by atoms with van der Waals surface area (Å²) >= 11 is 0. The summed E-state index contributed by atoms with van der Waals surface area (Å²) in [5.74, 6) is -1.32. The van der Waals surface area contributed by atoms with Crippen LogP contribution in [-0.2, 0) is 20.4 Å². The number of carbonyl (C=O) groups excluding carboxylic acids is 2. The molecule has 0 heterocycles. The minimum absolute atomic E-state index is 0.544. The number of hydrogen-bond donors (Lipinski definition) is 14. The number of fused-ring (bicyclic) bond motifs is 11. The molecule has 16 aromatic carbocycles. The van der Waals surface area contributed by atoms with Crippen molar-refractivity contribution in [2.75, 3.05) is 52.9 Å². The summed E-state index contributed by atoms with van der Waals surface area (Å²) in [6.45, 7) is -4.48. The van der Waals surface area contributed by atoms with Crippen molar-refractivity contribution in [1.29, 1.82) is 0 Å². The first-order chi connectivity index (χ1) is 36.1. The van der Waals surface area contributed by atoms with Gasteiger partial charge in [0.15, 0.2) is 0 Å². The first-order valence-corrected chi connectivity index (χ1v) is 25.3. The average Bonchev–Trinajstić information content (AvgIpc) is 3.77. The van der Waals surface area contributed by atoms with E-state index in [0.29, 0.717) is 22.3 Å². The number of carbonyl (C=O) groups is 2. The summed E-state index contributed by atoms with van der Waals surface area (Å²) in [6.07, 6.45) is -3.40. The van der Waals surface area contributed by atoms with Gasteiger partial charge in [0.25, 0.3) is 0 Å². The molecule has 18 rings (SSSR count). The van der Waals surface area contributed by atoms with Crippen molar-refractivity contribution in [3.63, 3.8) is 0 Å². The zero-order valence-corrected chi connectivity index (χ0v) is 38.9. The molecule has 14 N–H and O–H groups in total. The molecule has 16 heteroatoms. The fourth-order valence-corrected chi connectivity index (χ4v) is 16.5. The monoisotopic (exact) mass is 986 g/mol. The summed E-state index contributed by atoms with van der Waals surface area (Å²) in [4.78, 5) is 30.9. The van der Waals surface area contributed by atoms with Crippen molar-refractivity contribution in [1.82, 2.24) is 21.3 Å². The zero-order valence-electron chi connectivity index (χ0n) is 38.9. The van der Waals surface area contributed by atoms with E-state index in [4.69, 9.17) is 0 Å². The van der Waals surface area contributed by atoms with Gasteiger partial charge in [-0.2, -0.15) is 0 Å². The van der Waals surface area contributed by atoms with E-state index in [-0.39, 0.29) is 0 Å². The normalized spacial score (nSPS) is 19.8. The second-order valence-corrected chi connectivity index (χ2v) is 21.9. The van der Waals surface area contributed by atoms with E-state index in [1.807, 2.05) is 12.1 Å². The maximum atomic E-state index is 15.5. The molecular formula is C58H42N4O12. The Labute approximate surface area is 412 Å². The molecule has 2 amide bonds. The van der Waals surface area contributed by atoms with E-state index in [9.17, 15) is 51.1 Å². The highest BCUT2D eigenvalue weighted by Gasteiger charge is 2.67. The van der Waals surface area contributed by atoms with Gasteiger partial charge < -0.3 is 61.7 Å². The van der Waals surface area contributed by atoms with Crippen molar-refractivity contribution < 1.29 is 60.7 Å². The van der Waals surface area contributed by atoms with Gasteiger partial charge in [-0.25, -0.2) is 0 Å². The lowest BCUT2D eigenvalue weighted by molar-refractivity contribution is -0.130. The van der Waals surface area contributed by atoms with E-state index < -0.39 is 112 Å². The molecule has 0 spiro atoms. The number of aliphatic hydroxyl groups is 10. The lowest BCUT2D eigenvalue weighted by Gasteiger charge is -2.28. The number of amides is 2. The first-order valence-electron chi connectivity index (χ1n) is 25.3. The van der Waals surface area contributed by atoms with Gasteiger partial charge >= 0.3 is 0 Å². The molecule has 2 aliphatic rings. The maximum absolute atomic E-state index is 15.5. The minimum Gasteiger partial charge on any atom is -0.395 e. The van der Waals surface area contributed by atoms with Crippen molar-refractivity contribution in [2.45, 2.75) is 47.5 Å². The van der Waals surface area contributed by atoms with Gasteiger partial charge in [0, 0.05) is 0 Å². The molecule has 16 nitrogen and oxygen atoms in total. The van der Waals surface area contributed by atoms with Crippen molar-refractivity contribution in [2.24, 2.45) is 0 Å². The Morgan fingerprint density at radius 2 is 0.514 bits per heavy atom.